The van der Waals surface area contributed by atoms with Crippen LogP contribution in [-0.2, 0) is 7.05 Å². The van der Waals surface area contributed by atoms with Gasteiger partial charge in [-0.15, -0.1) is 10.2 Å². The van der Waals surface area contributed by atoms with Crippen LogP contribution in [0, 0.1) is 0 Å². The van der Waals surface area contributed by atoms with Crippen molar-refractivity contribution >= 4 is 16.9 Å². The maximum Gasteiger partial charge on any atom is 0.320 e. The number of rotatable bonds is 6. The summed E-state index contributed by atoms with van der Waals surface area (Å²) in [5.41, 5.74) is 2.13. The zero-order valence-electron chi connectivity index (χ0n) is 21.6. The van der Waals surface area contributed by atoms with Gasteiger partial charge in [-0.25, -0.2) is 9.67 Å². The molecular weight excluding hydrogens is 442 g/mol. The lowest BCUT2D eigenvalue weighted by Gasteiger charge is -2.24. The van der Waals surface area contributed by atoms with Gasteiger partial charge < -0.3 is 14.8 Å². The highest BCUT2D eigenvalue weighted by molar-refractivity contribution is 5.90. The number of anilines is 1. The summed E-state index contributed by atoms with van der Waals surface area (Å²) in [6.45, 7) is 13.8. The maximum absolute atomic E-state index is 6.18. The van der Waals surface area contributed by atoms with Crippen molar-refractivity contribution in [2.24, 2.45) is 7.05 Å². The van der Waals surface area contributed by atoms with E-state index in [1.807, 2.05) is 72.9 Å². The summed E-state index contributed by atoms with van der Waals surface area (Å²) in [4.78, 5) is 8.97. The number of nitrogens with zero attached hydrogens (tertiary/aromatic N) is 6. The lowest BCUT2D eigenvalue weighted by atomic mass is 10.1. The normalized spacial score (nSPS) is 13.0. The molecule has 1 aromatic carbocycles. The highest BCUT2D eigenvalue weighted by atomic mass is 16.5. The maximum atomic E-state index is 6.18. The van der Waals surface area contributed by atoms with Crippen molar-refractivity contribution in [1.29, 1.82) is 0 Å². The average molecular weight is 476 g/mol. The van der Waals surface area contributed by atoms with E-state index in [2.05, 4.69) is 49.6 Å². The van der Waals surface area contributed by atoms with Crippen LogP contribution >= 0.6 is 0 Å². The van der Waals surface area contributed by atoms with Gasteiger partial charge in [-0.05, 0) is 60.1 Å². The molecule has 0 unspecified atom stereocenters. The standard InChI is InChI=1S/C26H33N7O2/c1-16(17-12-10-9-11-13-17)28-21-18-14-20(30-31-22(18)33(8)32-21)19-15-27-24(35-26(5,6)7)29-23(19)34-25(2,3)4/h9-16H,1-8H3,(H,28,32)/t16-/m0/s1. The quantitative estimate of drug-likeness (QED) is 0.398. The van der Waals surface area contributed by atoms with Crippen LogP contribution in [0.1, 0.15) is 60.1 Å². The number of aromatic nitrogens is 6. The molecule has 184 valence electrons. The molecule has 1 N–H and O–H groups in total. The van der Waals surface area contributed by atoms with Crippen LogP contribution in [0.2, 0.25) is 0 Å². The van der Waals surface area contributed by atoms with Gasteiger partial charge in [-0.3, -0.25) is 0 Å². The molecule has 0 amide bonds. The van der Waals surface area contributed by atoms with Crippen LogP contribution in [0.3, 0.4) is 0 Å². The Morgan fingerprint density at radius 3 is 2.29 bits per heavy atom. The fourth-order valence-corrected chi connectivity index (χ4v) is 3.54. The Bertz CT molecular complexity index is 1320. The van der Waals surface area contributed by atoms with Gasteiger partial charge in [0.2, 0.25) is 5.88 Å². The van der Waals surface area contributed by atoms with E-state index in [0.29, 0.717) is 22.8 Å². The average Bonchev–Trinajstić information content (AvgIpc) is 3.07. The molecule has 4 rings (SSSR count). The minimum absolute atomic E-state index is 0.0582. The second kappa shape index (κ2) is 9.13. The van der Waals surface area contributed by atoms with E-state index in [-0.39, 0.29) is 12.1 Å². The molecule has 0 saturated heterocycles. The first-order valence-corrected chi connectivity index (χ1v) is 11.7. The highest BCUT2D eigenvalue weighted by Crippen LogP contribution is 2.34. The van der Waals surface area contributed by atoms with Gasteiger partial charge in [0, 0.05) is 13.2 Å². The lowest BCUT2D eigenvalue weighted by Crippen LogP contribution is -2.26. The molecule has 3 aromatic heterocycles. The van der Waals surface area contributed by atoms with Crippen molar-refractivity contribution < 1.29 is 9.47 Å². The van der Waals surface area contributed by atoms with Gasteiger partial charge in [0.05, 0.1) is 17.0 Å². The fraction of sp³-hybridized carbons (Fsp3) is 0.423. The third-order valence-corrected chi connectivity index (χ3v) is 5.05. The summed E-state index contributed by atoms with van der Waals surface area (Å²) in [5.74, 6) is 1.11. The largest absolute Gasteiger partial charge is 0.471 e. The zero-order valence-corrected chi connectivity index (χ0v) is 21.6. The second-order valence-corrected chi connectivity index (χ2v) is 10.5. The van der Waals surface area contributed by atoms with Gasteiger partial charge >= 0.3 is 6.01 Å². The Labute approximate surface area is 205 Å². The van der Waals surface area contributed by atoms with Gasteiger partial charge in [0.1, 0.15) is 16.9 Å². The summed E-state index contributed by atoms with van der Waals surface area (Å²) in [6.07, 6.45) is 1.67. The van der Waals surface area contributed by atoms with E-state index in [0.717, 1.165) is 16.8 Å². The lowest BCUT2D eigenvalue weighted by molar-refractivity contribution is 0.103. The predicted octanol–water partition coefficient (Wildman–Crippen LogP) is 5.35. The van der Waals surface area contributed by atoms with Crippen molar-refractivity contribution in [3.8, 4) is 23.1 Å². The molecule has 1 atom stereocenters. The van der Waals surface area contributed by atoms with E-state index in [9.17, 15) is 0 Å². The first-order valence-electron chi connectivity index (χ1n) is 11.7. The molecule has 3 heterocycles. The van der Waals surface area contributed by atoms with Crippen LogP contribution in [0.4, 0.5) is 5.82 Å². The molecule has 0 radical (unpaired) electrons. The van der Waals surface area contributed by atoms with Crippen molar-refractivity contribution in [2.75, 3.05) is 5.32 Å². The van der Waals surface area contributed by atoms with E-state index in [4.69, 9.17) is 9.47 Å². The first-order chi connectivity index (χ1) is 16.4. The van der Waals surface area contributed by atoms with Crippen molar-refractivity contribution in [3.05, 3.63) is 48.2 Å². The summed E-state index contributed by atoms with van der Waals surface area (Å²) in [7, 11) is 1.85. The van der Waals surface area contributed by atoms with Gasteiger partial charge in [0.25, 0.3) is 0 Å². The van der Waals surface area contributed by atoms with E-state index >= 15 is 0 Å². The van der Waals surface area contributed by atoms with Gasteiger partial charge in [-0.1, -0.05) is 30.3 Å². The van der Waals surface area contributed by atoms with Gasteiger partial charge in [-0.2, -0.15) is 10.1 Å². The molecule has 4 aromatic rings. The van der Waals surface area contributed by atoms with E-state index in [1.165, 1.54) is 0 Å². The molecule has 0 saturated carbocycles. The minimum Gasteiger partial charge on any atom is -0.471 e. The molecule has 0 fully saturated rings. The SMILES string of the molecule is C[C@H](Nc1nn(C)c2nnc(-c3cnc(OC(C)(C)C)nc3OC(C)(C)C)cc12)c1ccccc1. The van der Waals surface area contributed by atoms with Gasteiger partial charge in [0.15, 0.2) is 11.5 Å². The van der Waals surface area contributed by atoms with Crippen molar-refractivity contribution in [2.45, 2.75) is 65.7 Å². The third kappa shape index (κ3) is 5.85. The molecule has 35 heavy (non-hydrogen) atoms. The Hall–Kier alpha value is -3.75. The second-order valence-electron chi connectivity index (χ2n) is 10.5. The van der Waals surface area contributed by atoms with Crippen LogP contribution in [-0.4, -0.2) is 41.1 Å². The number of ether oxygens (including phenoxy) is 2. The Morgan fingerprint density at radius 2 is 1.63 bits per heavy atom. The van der Waals surface area contributed by atoms with E-state index < -0.39 is 11.2 Å². The summed E-state index contributed by atoms with van der Waals surface area (Å²) in [5, 5.41) is 17.9. The zero-order chi connectivity index (χ0) is 25.4. The topological polar surface area (TPSA) is 99.9 Å². The Kier molecular flexibility index (Phi) is 6.36. The van der Waals surface area contributed by atoms with Crippen LogP contribution in [0.5, 0.6) is 11.9 Å². The molecule has 9 heteroatoms. The third-order valence-electron chi connectivity index (χ3n) is 5.05. The van der Waals surface area contributed by atoms with Crippen LogP contribution in [0.25, 0.3) is 22.3 Å². The number of hydrogen-bond donors (Lipinski definition) is 1. The monoisotopic (exact) mass is 475 g/mol. The Balaban J connectivity index is 1.76. The number of fused-ring (bicyclic) bond motifs is 1. The fourth-order valence-electron chi connectivity index (χ4n) is 3.54. The molecular formula is C26H33N7O2. The number of aryl methyl sites for hydroxylation is 1. The molecule has 0 aliphatic rings. The summed E-state index contributed by atoms with van der Waals surface area (Å²) >= 11 is 0. The van der Waals surface area contributed by atoms with E-state index in [1.54, 1.807) is 10.9 Å². The molecule has 0 spiro atoms. The highest BCUT2D eigenvalue weighted by Gasteiger charge is 2.23. The predicted molar refractivity (Wildman–Crippen MR) is 137 cm³/mol. The molecule has 0 bridgehead atoms. The van der Waals surface area contributed by atoms with Crippen LogP contribution in [0.15, 0.2) is 42.6 Å². The Morgan fingerprint density at radius 1 is 0.943 bits per heavy atom. The number of benzene rings is 1. The van der Waals surface area contributed by atoms with Crippen molar-refractivity contribution in [1.82, 2.24) is 29.9 Å². The molecule has 0 aliphatic carbocycles. The molecule has 9 nitrogen and oxygen atoms in total. The summed E-state index contributed by atoms with van der Waals surface area (Å²) in [6, 6.07) is 12.5. The smallest absolute Gasteiger partial charge is 0.320 e. The van der Waals surface area contributed by atoms with Crippen molar-refractivity contribution in [3.63, 3.8) is 0 Å². The molecule has 0 aliphatic heterocycles. The number of nitrogens with one attached hydrogen (secondary N) is 1. The first kappa shape index (κ1) is 24.4. The number of hydrogen-bond acceptors (Lipinski definition) is 8. The van der Waals surface area contributed by atoms with Crippen LogP contribution < -0.4 is 14.8 Å². The summed E-state index contributed by atoms with van der Waals surface area (Å²) < 4.78 is 13.8. The minimum atomic E-state index is -0.480.